The molecule has 2 heterocycles. The minimum absolute atomic E-state index is 0.215. The lowest BCUT2D eigenvalue weighted by Gasteiger charge is -2.05. The Kier molecular flexibility index (Phi) is 4.74. The van der Waals surface area contributed by atoms with Gasteiger partial charge in [0.1, 0.15) is 11.6 Å². The van der Waals surface area contributed by atoms with Gasteiger partial charge < -0.3 is 4.74 Å². The fraction of sp³-hybridized carbons (Fsp3) is 0.200. The van der Waals surface area contributed by atoms with Gasteiger partial charge in [0.25, 0.3) is 5.91 Å². The molecule has 23 heavy (non-hydrogen) atoms. The van der Waals surface area contributed by atoms with E-state index < -0.39 is 0 Å². The van der Waals surface area contributed by atoms with Crippen LogP contribution >= 0.6 is 11.3 Å². The highest BCUT2D eigenvalue weighted by Gasteiger charge is 2.11. The van der Waals surface area contributed by atoms with Gasteiger partial charge in [-0.15, -0.1) is 10.2 Å². The van der Waals surface area contributed by atoms with E-state index in [1.165, 1.54) is 11.3 Å². The van der Waals surface area contributed by atoms with Crippen molar-refractivity contribution >= 4 is 22.4 Å². The van der Waals surface area contributed by atoms with E-state index in [9.17, 15) is 4.79 Å². The summed E-state index contributed by atoms with van der Waals surface area (Å²) < 4.78 is 6.79. The highest BCUT2D eigenvalue weighted by atomic mass is 32.1. The summed E-state index contributed by atoms with van der Waals surface area (Å²) in [5.41, 5.74) is 1.57. The Labute approximate surface area is 136 Å². The fourth-order valence-corrected chi connectivity index (χ4v) is 2.75. The molecule has 2 aromatic heterocycles. The predicted octanol–water partition coefficient (Wildman–Crippen LogP) is 2.18. The molecule has 0 fully saturated rings. The number of hydrogen-bond donors (Lipinski definition) is 1. The minimum Gasteiger partial charge on any atom is -0.377 e. The molecule has 0 unspecified atom stereocenters. The SMILES string of the molecule is COCc1nnc(NC(=O)c2cccc(Cn3cccn3)c2)s1. The number of carbonyl (C=O) groups is 1. The number of hydrogen-bond acceptors (Lipinski definition) is 6. The lowest BCUT2D eigenvalue weighted by molar-refractivity contribution is 0.102. The summed E-state index contributed by atoms with van der Waals surface area (Å²) in [6, 6.07) is 9.28. The third-order valence-corrected chi connectivity index (χ3v) is 3.86. The lowest BCUT2D eigenvalue weighted by Crippen LogP contribution is -2.12. The molecule has 0 aliphatic carbocycles. The summed E-state index contributed by atoms with van der Waals surface area (Å²) in [6.45, 7) is 0.998. The molecule has 0 saturated carbocycles. The zero-order valence-electron chi connectivity index (χ0n) is 12.5. The molecule has 8 heteroatoms. The maximum Gasteiger partial charge on any atom is 0.257 e. The summed E-state index contributed by atoms with van der Waals surface area (Å²) >= 11 is 1.30. The van der Waals surface area contributed by atoms with E-state index in [-0.39, 0.29) is 5.91 Å². The van der Waals surface area contributed by atoms with Crippen LogP contribution in [0.1, 0.15) is 20.9 Å². The molecule has 7 nitrogen and oxygen atoms in total. The van der Waals surface area contributed by atoms with Gasteiger partial charge in [-0.1, -0.05) is 23.5 Å². The number of anilines is 1. The average molecular weight is 329 g/mol. The van der Waals surface area contributed by atoms with Crippen molar-refractivity contribution in [3.8, 4) is 0 Å². The molecule has 1 aromatic carbocycles. The molecule has 1 N–H and O–H groups in total. The molecule has 118 valence electrons. The molecule has 3 aromatic rings. The second-order valence-corrected chi connectivity index (χ2v) is 5.85. The molecule has 1 amide bonds. The highest BCUT2D eigenvalue weighted by molar-refractivity contribution is 7.15. The average Bonchev–Trinajstić information content (AvgIpc) is 3.20. The first-order valence-corrected chi connectivity index (χ1v) is 7.75. The third-order valence-electron chi connectivity index (χ3n) is 3.05. The van der Waals surface area contributed by atoms with Crippen molar-refractivity contribution in [2.45, 2.75) is 13.2 Å². The molecule has 3 rings (SSSR count). The molecule has 0 aliphatic rings. The van der Waals surface area contributed by atoms with Gasteiger partial charge in [-0.2, -0.15) is 5.10 Å². The van der Waals surface area contributed by atoms with Gasteiger partial charge in [0.2, 0.25) is 5.13 Å². The minimum atomic E-state index is -0.215. The van der Waals surface area contributed by atoms with Crippen LogP contribution in [0.25, 0.3) is 0 Å². The maximum atomic E-state index is 12.3. The number of aromatic nitrogens is 4. The van der Waals surface area contributed by atoms with Gasteiger partial charge in [-0.25, -0.2) is 0 Å². The van der Waals surface area contributed by atoms with Crippen molar-refractivity contribution in [2.75, 3.05) is 12.4 Å². The Bertz CT molecular complexity index is 785. The molecular weight excluding hydrogens is 314 g/mol. The Hall–Kier alpha value is -2.58. The number of rotatable bonds is 6. The first-order valence-electron chi connectivity index (χ1n) is 6.93. The Morgan fingerprint density at radius 3 is 3.04 bits per heavy atom. The van der Waals surface area contributed by atoms with E-state index >= 15 is 0 Å². The number of methoxy groups -OCH3 is 1. The molecule has 0 saturated heterocycles. The van der Waals surface area contributed by atoms with Crippen molar-refractivity contribution in [3.63, 3.8) is 0 Å². The van der Waals surface area contributed by atoms with Crippen molar-refractivity contribution in [2.24, 2.45) is 0 Å². The van der Waals surface area contributed by atoms with Gasteiger partial charge >= 0.3 is 0 Å². The van der Waals surface area contributed by atoms with Crippen LogP contribution in [0.15, 0.2) is 42.7 Å². The second-order valence-electron chi connectivity index (χ2n) is 4.79. The van der Waals surface area contributed by atoms with Crippen LogP contribution in [-0.4, -0.2) is 33.0 Å². The van der Waals surface area contributed by atoms with Crippen LogP contribution in [0.2, 0.25) is 0 Å². The van der Waals surface area contributed by atoms with Crippen LogP contribution in [-0.2, 0) is 17.9 Å². The molecule has 0 spiro atoms. The van der Waals surface area contributed by atoms with Crippen molar-refractivity contribution in [1.82, 2.24) is 20.0 Å². The molecule has 0 radical (unpaired) electrons. The smallest absolute Gasteiger partial charge is 0.257 e. The highest BCUT2D eigenvalue weighted by Crippen LogP contribution is 2.17. The largest absolute Gasteiger partial charge is 0.377 e. The van der Waals surface area contributed by atoms with E-state index in [2.05, 4.69) is 20.6 Å². The fourth-order valence-electron chi connectivity index (χ4n) is 2.05. The monoisotopic (exact) mass is 329 g/mol. The standard InChI is InChI=1S/C15H15N5O2S/c1-22-10-13-18-19-15(23-13)17-14(21)12-5-2-4-11(8-12)9-20-7-3-6-16-20/h2-8H,9-10H2,1H3,(H,17,19,21). The first-order chi connectivity index (χ1) is 11.2. The van der Waals surface area contributed by atoms with Crippen LogP contribution in [0.5, 0.6) is 0 Å². The Balaban J connectivity index is 1.69. The summed E-state index contributed by atoms with van der Waals surface area (Å²) in [6.07, 6.45) is 3.61. The second kappa shape index (κ2) is 7.12. The number of carbonyl (C=O) groups excluding carboxylic acids is 1. The summed E-state index contributed by atoms with van der Waals surface area (Å²) in [5.74, 6) is -0.215. The number of amides is 1. The van der Waals surface area contributed by atoms with Crippen LogP contribution in [0.3, 0.4) is 0 Å². The Morgan fingerprint density at radius 2 is 2.26 bits per heavy atom. The molecule has 0 aliphatic heterocycles. The van der Waals surface area contributed by atoms with Crippen molar-refractivity contribution in [1.29, 1.82) is 0 Å². The summed E-state index contributed by atoms with van der Waals surface area (Å²) in [5, 5.41) is 16.0. The zero-order valence-corrected chi connectivity index (χ0v) is 13.3. The van der Waals surface area contributed by atoms with Crippen molar-refractivity contribution < 1.29 is 9.53 Å². The zero-order chi connectivity index (χ0) is 16.1. The molecule has 0 atom stereocenters. The number of ether oxygens (including phenoxy) is 1. The number of benzene rings is 1. The lowest BCUT2D eigenvalue weighted by atomic mass is 10.1. The number of nitrogens with zero attached hydrogens (tertiary/aromatic N) is 4. The van der Waals surface area contributed by atoms with E-state index in [0.29, 0.717) is 23.8 Å². The normalized spacial score (nSPS) is 10.7. The van der Waals surface area contributed by atoms with Gasteiger partial charge in [-0.05, 0) is 23.8 Å². The maximum absolute atomic E-state index is 12.3. The van der Waals surface area contributed by atoms with Gasteiger partial charge in [-0.3, -0.25) is 14.8 Å². The van der Waals surface area contributed by atoms with Crippen LogP contribution in [0, 0.1) is 0 Å². The summed E-state index contributed by atoms with van der Waals surface area (Å²) in [4.78, 5) is 12.3. The Morgan fingerprint density at radius 1 is 1.35 bits per heavy atom. The van der Waals surface area contributed by atoms with Crippen molar-refractivity contribution in [3.05, 3.63) is 58.9 Å². The van der Waals surface area contributed by atoms with Gasteiger partial charge in [0.05, 0.1) is 6.54 Å². The third kappa shape index (κ3) is 3.99. The van der Waals surface area contributed by atoms with E-state index in [0.717, 1.165) is 10.6 Å². The summed E-state index contributed by atoms with van der Waals surface area (Å²) in [7, 11) is 1.59. The quantitative estimate of drug-likeness (QED) is 0.749. The van der Waals surface area contributed by atoms with E-state index in [4.69, 9.17) is 4.74 Å². The van der Waals surface area contributed by atoms with Gasteiger partial charge in [0, 0.05) is 25.1 Å². The number of nitrogens with one attached hydrogen (secondary N) is 1. The topological polar surface area (TPSA) is 81.9 Å². The first kappa shape index (κ1) is 15.3. The van der Waals surface area contributed by atoms with Gasteiger partial charge in [0.15, 0.2) is 0 Å². The van der Waals surface area contributed by atoms with Crippen LogP contribution < -0.4 is 5.32 Å². The van der Waals surface area contributed by atoms with E-state index in [1.54, 1.807) is 24.1 Å². The molecular formula is C15H15N5O2S. The molecule has 0 bridgehead atoms. The predicted molar refractivity (Wildman–Crippen MR) is 86.3 cm³/mol. The van der Waals surface area contributed by atoms with Crippen LogP contribution in [0.4, 0.5) is 5.13 Å². The van der Waals surface area contributed by atoms with E-state index in [1.807, 2.05) is 30.5 Å².